The molecule has 0 bridgehead atoms. The van der Waals surface area contributed by atoms with Crippen molar-refractivity contribution in [2.24, 2.45) is 0 Å². The summed E-state index contributed by atoms with van der Waals surface area (Å²) in [6, 6.07) is 9.73. The number of aromatic amines is 1. The average molecular weight is 255 g/mol. The van der Waals surface area contributed by atoms with Crippen LogP contribution in [0.1, 0.15) is 0 Å². The van der Waals surface area contributed by atoms with Crippen molar-refractivity contribution in [3.05, 3.63) is 41.3 Å². The lowest BCUT2D eigenvalue weighted by molar-refractivity contribution is 1.05. The second-order valence-electron chi connectivity index (χ2n) is 3.75. The largest absolute Gasteiger partial charge is 0.369 e. The first-order valence-electron chi connectivity index (χ1n) is 5.32. The number of hydrogen-bond donors (Lipinski definition) is 2. The Balaban J connectivity index is 2.34. The minimum Gasteiger partial charge on any atom is -0.369 e. The lowest BCUT2D eigenvalue weighted by atomic mass is 10.1. The third kappa shape index (κ3) is 1.82. The van der Waals surface area contributed by atoms with Crippen molar-refractivity contribution >= 4 is 29.1 Å². The molecule has 0 fully saturated rings. The van der Waals surface area contributed by atoms with Crippen molar-refractivity contribution in [3.8, 4) is 11.4 Å². The van der Waals surface area contributed by atoms with Crippen LogP contribution in [0.15, 0.2) is 36.5 Å². The zero-order valence-corrected chi connectivity index (χ0v) is 10.1. The van der Waals surface area contributed by atoms with Gasteiger partial charge in [0.2, 0.25) is 10.7 Å². The fourth-order valence-electron chi connectivity index (χ4n) is 1.82. The molecule has 0 aliphatic carbocycles. The van der Waals surface area contributed by atoms with Crippen molar-refractivity contribution in [1.82, 2.24) is 19.9 Å². The number of aromatic nitrogens is 4. The third-order valence-electron chi connectivity index (χ3n) is 2.56. The third-order valence-corrected chi connectivity index (χ3v) is 2.74. The van der Waals surface area contributed by atoms with E-state index in [4.69, 9.17) is 18.0 Å². The van der Waals surface area contributed by atoms with Crippen LogP contribution in [0.3, 0.4) is 0 Å². The Kier molecular flexibility index (Phi) is 2.49. The van der Waals surface area contributed by atoms with Crippen molar-refractivity contribution in [3.63, 3.8) is 0 Å². The van der Waals surface area contributed by atoms with Gasteiger partial charge in [-0.25, -0.2) is 4.98 Å². The number of fused-ring (bicyclic) bond motifs is 1. The zero-order valence-electron chi connectivity index (χ0n) is 9.29. The van der Waals surface area contributed by atoms with Crippen LogP contribution < -0.4 is 5.73 Å². The standard InChI is InChI=1S/C12H9N5S/c13-11-15-10(16-12(18)17-11)8-5-1-3-7-4-2-6-14-9(7)8/h1-6H,(H3,13,15,16,17,18). The molecule has 0 saturated carbocycles. The van der Waals surface area contributed by atoms with Gasteiger partial charge in [-0.15, -0.1) is 0 Å². The van der Waals surface area contributed by atoms with Crippen molar-refractivity contribution in [1.29, 1.82) is 0 Å². The van der Waals surface area contributed by atoms with Gasteiger partial charge in [0.05, 0.1) is 5.52 Å². The lowest BCUT2D eigenvalue weighted by Crippen LogP contribution is -2.00. The number of nitrogens with zero attached hydrogens (tertiary/aromatic N) is 3. The van der Waals surface area contributed by atoms with Crippen molar-refractivity contribution < 1.29 is 0 Å². The van der Waals surface area contributed by atoms with Gasteiger partial charge in [0.1, 0.15) is 5.82 Å². The summed E-state index contributed by atoms with van der Waals surface area (Å²) in [5.41, 5.74) is 7.35. The number of H-pyrrole nitrogens is 1. The predicted octanol–water partition coefficient (Wildman–Crippen LogP) is 2.33. The molecule has 0 unspecified atom stereocenters. The molecule has 0 radical (unpaired) electrons. The van der Waals surface area contributed by atoms with E-state index in [-0.39, 0.29) is 10.7 Å². The summed E-state index contributed by atoms with van der Waals surface area (Å²) in [5.74, 6) is 0.828. The second kappa shape index (κ2) is 4.15. The SMILES string of the molecule is Nc1nc(=S)nc(-c2cccc3cccnc23)[nH]1. The monoisotopic (exact) mass is 255 g/mol. The maximum atomic E-state index is 5.65. The summed E-state index contributed by atoms with van der Waals surface area (Å²) >= 11 is 4.97. The van der Waals surface area contributed by atoms with Gasteiger partial charge >= 0.3 is 0 Å². The molecule has 0 aliphatic rings. The second-order valence-corrected chi connectivity index (χ2v) is 4.11. The van der Waals surface area contributed by atoms with E-state index < -0.39 is 0 Å². The van der Waals surface area contributed by atoms with Gasteiger partial charge in [-0.1, -0.05) is 18.2 Å². The fraction of sp³-hybridized carbons (Fsp3) is 0. The number of para-hydroxylation sites is 1. The Morgan fingerprint density at radius 2 is 1.94 bits per heavy atom. The maximum absolute atomic E-state index is 5.65. The molecule has 0 saturated heterocycles. The first kappa shape index (κ1) is 10.8. The molecule has 0 amide bonds. The van der Waals surface area contributed by atoms with E-state index in [1.54, 1.807) is 6.20 Å². The van der Waals surface area contributed by atoms with E-state index in [9.17, 15) is 0 Å². The number of hydrogen-bond acceptors (Lipinski definition) is 5. The highest BCUT2D eigenvalue weighted by Gasteiger charge is 2.07. The van der Waals surface area contributed by atoms with Gasteiger partial charge in [0.15, 0.2) is 0 Å². The molecular weight excluding hydrogens is 246 g/mol. The number of nitrogens with two attached hydrogens (primary N) is 1. The number of anilines is 1. The Hall–Kier alpha value is -2.34. The normalized spacial score (nSPS) is 10.7. The maximum Gasteiger partial charge on any atom is 0.224 e. The van der Waals surface area contributed by atoms with Gasteiger partial charge in [0, 0.05) is 17.1 Å². The molecule has 18 heavy (non-hydrogen) atoms. The smallest absolute Gasteiger partial charge is 0.224 e. The minimum absolute atomic E-state index is 0.217. The lowest BCUT2D eigenvalue weighted by Gasteiger charge is -2.05. The summed E-state index contributed by atoms with van der Waals surface area (Å²) in [6.45, 7) is 0. The number of rotatable bonds is 1. The highest BCUT2D eigenvalue weighted by Crippen LogP contribution is 2.23. The number of pyridine rings is 1. The summed E-state index contributed by atoms with van der Waals surface area (Å²) in [4.78, 5) is 15.3. The molecule has 2 heterocycles. The Morgan fingerprint density at radius 1 is 1.11 bits per heavy atom. The molecular formula is C12H9N5S. The molecule has 1 aromatic carbocycles. The van der Waals surface area contributed by atoms with Crippen molar-refractivity contribution in [2.75, 3.05) is 5.73 Å². The average Bonchev–Trinajstić information content (AvgIpc) is 2.37. The molecule has 3 N–H and O–H groups in total. The van der Waals surface area contributed by atoms with E-state index in [1.807, 2.05) is 30.3 Å². The summed E-state index contributed by atoms with van der Waals surface area (Å²) < 4.78 is 0.217. The number of nitrogen functional groups attached to an aromatic ring is 1. The summed E-state index contributed by atoms with van der Waals surface area (Å²) in [7, 11) is 0. The van der Waals surface area contributed by atoms with Crippen LogP contribution >= 0.6 is 12.2 Å². The Bertz CT molecular complexity index is 775. The highest BCUT2D eigenvalue weighted by atomic mass is 32.1. The van der Waals surface area contributed by atoms with Crippen LogP contribution in [-0.4, -0.2) is 19.9 Å². The van der Waals surface area contributed by atoms with Gasteiger partial charge < -0.3 is 10.7 Å². The first-order chi connectivity index (χ1) is 8.74. The molecule has 3 aromatic rings. The van der Waals surface area contributed by atoms with Crippen LogP contribution in [0.2, 0.25) is 0 Å². The van der Waals surface area contributed by atoms with E-state index in [2.05, 4.69) is 19.9 Å². The predicted molar refractivity (Wildman–Crippen MR) is 72.4 cm³/mol. The van der Waals surface area contributed by atoms with Crippen LogP contribution in [0.25, 0.3) is 22.3 Å². The van der Waals surface area contributed by atoms with E-state index >= 15 is 0 Å². The molecule has 6 heteroatoms. The van der Waals surface area contributed by atoms with Gasteiger partial charge in [0.25, 0.3) is 0 Å². The quantitative estimate of drug-likeness (QED) is 0.652. The number of benzene rings is 1. The molecule has 88 valence electrons. The van der Waals surface area contributed by atoms with Crippen LogP contribution in [0.4, 0.5) is 5.95 Å². The van der Waals surface area contributed by atoms with Crippen LogP contribution in [0, 0.1) is 4.77 Å². The van der Waals surface area contributed by atoms with Crippen LogP contribution in [-0.2, 0) is 0 Å². The molecule has 0 aliphatic heterocycles. The van der Waals surface area contributed by atoms with E-state index in [1.165, 1.54) is 0 Å². The minimum atomic E-state index is 0.217. The molecule has 2 aromatic heterocycles. The van der Waals surface area contributed by atoms with Gasteiger partial charge in [-0.05, 0) is 24.4 Å². The van der Waals surface area contributed by atoms with E-state index in [0.717, 1.165) is 16.5 Å². The summed E-state index contributed by atoms with van der Waals surface area (Å²) in [5, 5.41) is 1.03. The molecule has 5 nitrogen and oxygen atoms in total. The topological polar surface area (TPSA) is 80.5 Å². The van der Waals surface area contributed by atoms with E-state index in [0.29, 0.717) is 5.82 Å². The summed E-state index contributed by atoms with van der Waals surface area (Å²) in [6.07, 6.45) is 1.74. The fourth-order valence-corrected chi connectivity index (χ4v) is 2.01. The Labute approximate surface area is 108 Å². The molecule has 0 atom stereocenters. The van der Waals surface area contributed by atoms with Gasteiger partial charge in [-0.2, -0.15) is 4.98 Å². The highest BCUT2D eigenvalue weighted by molar-refractivity contribution is 7.71. The molecule has 0 spiro atoms. The van der Waals surface area contributed by atoms with Crippen molar-refractivity contribution in [2.45, 2.75) is 0 Å². The van der Waals surface area contributed by atoms with Crippen LogP contribution in [0.5, 0.6) is 0 Å². The zero-order chi connectivity index (χ0) is 12.5. The van der Waals surface area contributed by atoms with Gasteiger partial charge in [-0.3, -0.25) is 4.98 Å². The number of nitrogens with one attached hydrogen (secondary N) is 1. The first-order valence-corrected chi connectivity index (χ1v) is 5.73. The molecule has 3 rings (SSSR count). The Morgan fingerprint density at radius 3 is 2.78 bits per heavy atom.